The van der Waals surface area contributed by atoms with Crippen molar-refractivity contribution in [3.05, 3.63) is 23.8 Å². The summed E-state index contributed by atoms with van der Waals surface area (Å²) in [7, 11) is -3.56. The monoisotopic (exact) mass is 301 g/mol. The molecule has 0 aliphatic heterocycles. The Morgan fingerprint density at radius 3 is 2.45 bits per heavy atom. The highest BCUT2D eigenvalue weighted by atomic mass is 32.2. The molecule has 5 nitrogen and oxygen atoms in total. The van der Waals surface area contributed by atoms with Crippen molar-refractivity contribution in [3.63, 3.8) is 0 Å². The minimum atomic E-state index is -3.56. The van der Waals surface area contributed by atoms with Crippen molar-refractivity contribution in [1.82, 2.24) is 4.31 Å². The average molecular weight is 301 g/mol. The van der Waals surface area contributed by atoms with E-state index in [2.05, 4.69) is 0 Å². The Bertz CT molecular complexity index is 522. The molecule has 0 heterocycles. The van der Waals surface area contributed by atoms with Gasteiger partial charge >= 0.3 is 0 Å². The van der Waals surface area contributed by atoms with E-state index in [1.807, 2.05) is 20.8 Å². The molecule has 1 N–H and O–H groups in total. The standard InChI is InChI=1S/C14H23NO4S/c1-4-8-15(9-10-16)20(17,18)13-6-7-14(19-5-2)12(3)11-13/h6-7,11,16H,4-5,8-10H2,1-3H3. The highest BCUT2D eigenvalue weighted by molar-refractivity contribution is 7.89. The van der Waals surface area contributed by atoms with Gasteiger partial charge in [-0.1, -0.05) is 6.92 Å². The van der Waals surface area contributed by atoms with E-state index in [0.29, 0.717) is 25.3 Å². The number of ether oxygens (including phenoxy) is 1. The lowest BCUT2D eigenvalue weighted by Crippen LogP contribution is -2.34. The fourth-order valence-electron chi connectivity index (χ4n) is 1.96. The predicted octanol–water partition coefficient (Wildman–Crippen LogP) is 1.79. The molecule has 0 radical (unpaired) electrons. The second-order valence-corrected chi connectivity index (χ2v) is 6.43. The Balaban J connectivity index is 3.10. The summed E-state index contributed by atoms with van der Waals surface area (Å²) in [6, 6.07) is 4.84. The van der Waals surface area contributed by atoms with E-state index in [-0.39, 0.29) is 18.0 Å². The third-order valence-corrected chi connectivity index (χ3v) is 4.80. The molecule has 1 aromatic rings. The molecule has 0 amide bonds. The zero-order valence-corrected chi connectivity index (χ0v) is 13.1. The number of hydrogen-bond donors (Lipinski definition) is 1. The number of rotatable bonds is 8. The van der Waals surface area contributed by atoms with E-state index in [1.165, 1.54) is 4.31 Å². The molecule has 0 atom stereocenters. The summed E-state index contributed by atoms with van der Waals surface area (Å²) in [6.07, 6.45) is 0.704. The van der Waals surface area contributed by atoms with Gasteiger partial charge in [0.05, 0.1) is 18.1 Å². The first-order valence-corrected chi connectivity index (χ1v) is 8.25. The quantitative estimate of drug-likeness (QED) is 0.795. The molecule has 0 aromatic heterocycles. The third kappa shape index (κ3) is 3.94. The lowest BCUT2D eigenvalue weighted by molar-refractivity contribution is 0.253. The molecule has 1 rings (SSSR count). The molecule has 0 unspecified atom stereocenters. The van der Waals surface area contributed by atoms with Gasteiger partial charge in [0.2, 0.25) is 10.0 Å². The predicted molar refractivity (Wildman–Crippen MR) is 78.5 cm³/mol. The maximum Gasteiger partial charge on any atom is 0.243 e. The first-order valence-electron chi connectivity index (χ1n) is 6.81. The van der Waals surface area contributed by atoms with Crippen LogP contribution in [0.25, 0.3) is 0 Å². The summed E-state index contributed by atoms with van der Waals surface area (Å²) in [6.45, 7) is 6.48. The fraction of sp³-hybridized carbons (Fsp3) is 0.571. The molecule has 0 aliphatic rings. The van der Waals surface area contributed by atoms with E-state index >= 15 is 0 Å². The number of sulfonamides is 1. The van der Waals surface area contributed by atoms with Crippen molar-refractivity contribution in [2.75, 3.05) is 26.3 Å². The SMILES string of the molecule is CCCN(CCO)S(=O)(=O)c1ccc(OCC)c(C)c1. The first kappa shape index (κ1) is 16.9. The van der Waals surface area contributed by atoms with Crippen LogP contribution in [0.4, 0.5) is 0 Å². The van der Waals surface area contributed by atoms with E-state index in [4.69, 9.17) is 9.84 Å². The van der Waals surface area contributed by atoms with Crippen molar-refractivity contribution in [1.29, 1.82) is 0 Å². The largest absolute Gasteiger partial charge is 0.494 e. The van der Waals surface area contributed by atoms with Crippen LogP contribution in [0.1, 0.15) is 25.8 Å². The summed E-state index contributed by atoms with van der Waals surface area (Å²) in [4.78, 5) is 0.236. The number of hydrogen-bond acceptors (Lipinski definition) is 4. The highest BCUT2D eigenvalue weighted by Crippen LogP contribution is 2.24. The maximum absolute atomic E-state index is 12.5. The Labute approximate surface area is 121 Å². The van der Waals surface area contributed by atoms with Crippen molar-refractivity contribution in [2.24, 2.45) is 0 Å². The molecule has 0 saturated carbocycles. The summed E-state index contributed by atoms with van der Waals surface area (Å²) in [5, 5.41) is 9.02. The first-order chi connectivity index (χ1) is 9.47. The van der Waals surface area contributed by atoms with Crippen LogP contribution in [-0.2, 0) is 10.0 Å². The fourth-order valence-corrected chi connectivity index (χ4v) is 3.57. The molecule has 6 heteroatoms. The third-order valence-electron chi connectivity index (χ3n) is 2.91. The minimum Gasteiger partial charge on any atom is -0.494 e. The molecular weight excluding hydrogens is 278 g/mol. The van der Waals surface area contributed by atoms with Gasteiger partial charge in [0.15, 0.2) is 0 Å². The number of nitrogens with zero attached hydrogens (tertiary/aromatic N) is 1. The number of aliphatic hydroxyl groups excluding tert-OH is 1. The van der Waals surface area contributed by atoms with Crippen LogP contribution < -0.4 is 4.74 Å². The Hall–Kier alpha value is -1.11. The zero-order chi connectivity index (χ0) is 15.2. The number of aliphatic hydroxyl groups is 1. The van der Waals surface area contributed by atoms with Crippen molar-refractivity contribution < 1.29 is 18.3 Å². The van der Waals surface area contributed by atoms with Gasteiger partial charge in [-0.25, -0.2) is 8.42 Å². The molecule has 0 fully saturated rings. The van der Waals surface area contributed by atoms with Crippen LogP contribution in [0.3, 0.4) is 0 Å². The highest BCUT2D eigenvalue weighted by Gasteiger charge is 2.23. The van der Waals surface area contributed by atoms with Gasteiger partial charge < -0.3 is 9.84 Å². The molecule has 0 saturated heterocycles. The Morgan fingerprint density at radius 1 is 1.25 bits per heavy atom. The molecule has 0 aliphatic carbocycles. The summed E-state index contributed by atoms with van der Waals surface area (Å²) in [5.74, 6) is 0.690. The Kier molecular flexibility index (Phi) is 6.45. The van der Waals surface area contributed by atoms with Gasteiger partial charge in [0.25, 0.3) is 0 Å². The van der Waals surface area contributed by atoms with Crippen molar-refractivity contribution >= 4 is 10.0 Å². The smallest absolute Gasteiger partial charge is 0.243 e. The molecular formula is C14H23NO4S. The molecule has 20 heavy (non-hydrogen) atoms. The number of aryl methyl sites for hydroxylation is 1. The molecule has 114 valence electrons. The van der Waals surface area contributed by atoms with E-state index in [9.17, 15) is 8.42 Å². The van der Waals surface area contributed by atoms with E-state index in [1.54, 1.807) is 18.2 Å². The Morgan fingerprint density at radius 2 is 1.95 bits per heavy atom. The van der Waals surface area contributed by atoms with Crippen LogP contribution in [-0.4, -0.2) is 44.1 Å². The molecule has 1 aromatic carbocycles. The van der Waals surface area contributed by atoms with E-state index in [0.717, 1.165) is 5.56 Å². The van der Waals surface area contributed by atoms with Crippen molar-refractivity contribution in [2.45, 2.75) is 32.1 Å². The van der Waals surface area contributed by atoms with Gasteiger partial charge in [-0.15, -0.1) is 0 Å². The lowest BCUT2D eigenvalue weighted by atomic mass is 10.2. The summed E-state index contributed by atoms with van der Waals surface area (Å²) in [5.41, 5.74) is 0.786. The van der Waals surface area contributed by atoms with Gasteiger partial charge in [0, 0.05) is 13.1 Å². The maximum atomic E-state index is 12.5. The molecule has 0 bridgehead atoms. The normalized spacial score (nSPS) is 11.8. The van der Waals surface area contributed by atoms with Crippen LogP contribution in [0, 0.1) is 6.92 Å². The van der Waals surface area contributed by atoms with Gasteiger partial charge in [0.1, 0.15) is 5.75 Å². The molecule has 0 spiro atoms. The van der Waals surface area contributed by atoms with Crippen LogP contribution in [0.15, 0.2) is 23.1 Å². The summed E-state index contributed by atoms with van der Waals surface area (Å²) >= 11 is 0. The average Bonchev–Trinajstić information content (AvgIpc) is 2.41. The zero-order valence-electron chi connectivity index (χ0n) is 12.3. The van der Waals surface area contributed by atoms with Crippen LogP contribution >= 0.6 is 0 Å². The van der Waals surface area contributed by atoms with Gasteiger partial charge in [-0.3, -0.25) is 0 Å². The number of benzene rings is 1. The minimum absolute atomic E-state index is 0.114. The topological polar surface area (TPSA) is 66.8 Å². The lowest BCUT2D eigenvalue weighted by Gasteiger charge is -2.21. The van der Waals surface area contributed by atoms with Crippen molar-refractivity contribution in [3.8, 4) is 5.75 Å². The second-order valence-electron chi connectivity index (χ2n) is 4.49. The summed E-state index contributed by atoms with van der Waals surface area (Å²) < 4.78 is 31.7. The van der Waals surface area contributed by atoms with E-state index < -0.39 is 10.0 Å². The second kappa shape index (κ2) is 7.61. The van der Waals surface area contributed by atoms with Gasteiger partial charge in [-0.2, -0.15) is 4.31 Å². The van der Waals surface area contributed by atoms with Crippen LogP contribution in [0.5, 0.6) is 5.75 Å². The van der Waals surface area contributed by atoms with Gasteiger partial charge in [-0.05, 0) is 44.0 Å². The van der Waals surface area contributed by atoms with Crippen LogP contribution in [0.2, 0.25) is 0 Å².